The minimum atomic E-state index is -0.710. The smallest absolute Gasteiger partial charge is 0.312 e. The van der Waals surface area contributed by atoms with Crippen molar-refractivity contribution >= 4 is 41.0 Å². The van der Waals surface area contributed by atoms with Crippen LogP contribution in [0.25, 0.3) is 5.69 Å². The van der Waals surface area contributed by atoms with E-state index < -0.39 is 17.2 Å². The first-order valence-corrected chi connectivity index (χ1v) is 8.48. The molecule has 6 nitrogen and oxygen atoms in total. The van der Waals surface area contributed by atoms with Crippen LogP contribution < -0.4 is 11.2 Å². The van der Waals surface area contributed by atoms with Crippen LogP contribution in [0.4, 0.5) is 0 Å². The van der Waals surface area contributed by atoms with Crippen LogP contribution >= 0.6 is 34.8 Å². The molecule has 0 aliphatic heterocycles. The van der Waals surface area contributed by atoms with E-state index in [2.05, 4.69) is 10.1 Å². The quantitative estimate of drug-likeness (QED) is 0.644. The van der Waals surface area contributed by atoms with Gasteiger partial charge in [0.15, 0.2) is 0 Å². The Labute approximate surface area is 162 Å². The second-order valence-corrected chi connectivity index (χ2v) is 6.62. The molecule has 1 heterocycles. The Morgan fingerprint density at radius 2 is 1.69 bits per heavy atom. The number of H-pyrrole nitrogens is 1. The zero-order valence-electron chi connectivity index (χ0n) is 13.0. The number of nitrogens with one attached hydrogen (secondary N) is 2. The molecule has 0 fully saturated rings. The second kappa shape index (κ2) is 7.45. The summed E-state index contributed by atoms with van der Waals surface area (Å²) in [6.07, 6.45) is 2.20. The Bertz CT molecular complexity index is 1070. The third kappa shape index (κ3) is 3.58. The fourth-order valence-electron chi connectivity index (χ4n) is 2.54. The number of nitrogens with zero attached hydrogens (tertiary/aromatic N) is 2. The van der Waals surface area contributed by atoms with Gasteiger partial charge in [-0.3, -0.25) is 9.78 Å². The molecule has 1 unspecified atom stereocenters. The minimum Gasteiger partial charge on any atom is -0.312 e. The summed E-state index contributed by atoms with van der Waals surface area (Å²) in [4.78, 5) is 25.2. The predicted molar refractivity (Wildman–Crippen MR) is 103 cm³/mol. The van der Waals surface area contributed by atoms with Gasteiger partial charge in [0.05, 0.1) is 5.69 Å². The van der Waals surface area contributed by atoms with E-state index in [0.29, 0.717) is 16.3 Å². The molecule has 1 aromatic heterocycles. The van der Waals surface area contributed by atoms with Crippen molar-refractivity contribution in [2.45, 2.75) is 5.92 Å². The normalized spacial score (nSPS) is 12.0. The monoisotopic (exact) mass is 408 g/mol. The van der Waals surface area contributed by atoms with Crippen molar-refractivity contribution < 1.29 is 0 Å². The largest absolute Gasteiger partial charge is 0.349 e. The molecule has 2 aromatic carbocycles. The first kappa shape index (κ1) is 18.4. The number of benzene rings is 2. The lowest BCUT2D eigenvalue weighted by atomic mass is 9.92. The molecule has 0 amide bonds. The SMILES string of the molecule is N=CC(c1ccc(Cl)cc1)c1c(Cl)cc(-n2ncc(=O)[nH]c2=O)cc1Cl. The van der Waals surface area contributed by atoms with E-state index in [0.717, 1.165) is 16.4 Å². The molecule has 0 saturated heterocycles. The van der Waals surface area contributed by atoms with Crippen molar-refractivity contribution in [3.63, 3.8) is 0 Å². The molecule has 0 bridgehead atoms. The Balaban J connectivity index is 2.12. The minimum absolute atomic E-state index is 0.260. The van der Waals surface area contributed by atoms with Gasteiger partial charge in [0.25, 0.3) is 5.56 Å². The Morgan fingerprint density at radius 1 is 1.08 bits per heavy atom. The van der Waals surface area contributed by atoms with Gasteiger partial charge in [-0.15, -0.1) is 0 Å². The van der Waals surface area contributed by atoms with Crippen LogP contribution in [0.1, 0.15) is 17.0 Å². The van der Waals surface area contributed by atoms with Gasteiger partial charge in [0, 0.05) is 32.8 Å². The van der Waals surface area contributed by atoms with Crippen molar-refractivity contribution in [3.8, 4) is 5.69 Å². The van der Waals surface area contributed by atoms with Crippen molar-refractivity contribution in [2.24, 2.45) is 0 Å². The van der Waals surface area contributed by atoms with E-state index in [-0.39, 0.29) is 10.0 Å². The van der Waals surface area contributed by atoms with E-state index in [9.17, 15) is 9.59 Å². The molecule has 0 saturated carbocycles. The maximum absolute atomic E-state index is 11.9. The topological polar surface area (TPSA) is 91.6 Å². The first-order valence-electron chi connectivity index (χ1n) is 7.34. The summed E-state index contributed by atoms with van der Waals surface area (Å²) in [6.45, 7) is 0. The maximum Gasteiger partial charge on any atom is 0.349 e. The number of hydrogen-bond acceptors (Lipinski definition) is 4. The lowest BCUT2D eigenvalue weighted by Gasteiger charge is -2.17. The van der Waals surface area contributed by atoms with Crippen LogP contribution in [0.5, 0.6) is 0 Å². The molecule has 0 radical (unpaired) electrons. The van der Waals surface area contributed by atoms with Crippen LogP contribution in [0.3, 0.4) is 0 Å². The van der Waals surface area contributed by atoms with E-state index in [4.69, 9.17) is 40.2 Å². The maximum atomic E-state index is 11.9. The van der Waals surface area contributed by atoms with Crippen molar-refractivity contribution in [1.82, 2.24) is 14.8 Å². The van der Waals surface area contributed by atoms with Crippen LogP contribution in [0.2, 0.25) is 15.1 Å². The third-order valence-corrected chi connectivity index (χ3v) is 4.61. The van der Waals surface area contributed by atoms with Crippen LogP contribution in [-0.2, 0) is 0 Å². The van der Waals surface area contributed by atoms with E-state index in [1.54, 1.807) is 24.3 Å². The highest BCUT2D eigenvalue weighted by atomic mass is 35.5. The second-order valence-electron chi connectivity index (χ2n) is 5.37. The standard InChI is InChI=1S/C17H11Cl3N4O2/c18-10-3-1-9(2-4-10)12(7-21)16-13(19)5-11(6-14(16)20)24-17(26)23-15(25)8-22-24/h1-8,12,21H,(H,23,25,26). The molecule has 1 atom stereocenters. The molecule has 3 aromatic rings. The molecular formula is C17H11Cl3N4O2. The Morgan fingerprint density at radius 3 is 2.23 bits per heavy atom. The predicted octanol–water partition coefficient (Wildman–Crippen LogP) is 3.66. The van der Waals surface area contributed by atoms with Crippen molar-refractivity contribution in [1.29, 1.82) is 5.41 Å². The summed E-state index contributed by atoms with van der Waals surface area (Å²) in [5.41, 5.74) is 0.294. The van der Waals surface area contributed by atoms with E-state index >= 15 is 0 Å². The average Bonchev–Trinajstić information content (AvgIpc) is 2.59. The van der Waals surface area contributed by atoms with Gasteiger partial charge in [0.1, 0.15) is 6.20 Å². The van der Waals surface area contributed by atoms with Gasteiger partial charge in [0.2, 0.25) is 0 Å². The van der Waals surface area contributed by atoms with Gasteiger partial charge in [-0.2, -0.15) is 9.78 Å². The molecule has 3 rings (SSSR count). The fraction of sp³-hybridized carbons (Fsp3) is 0.0588. The van der Waals surface area contributed by atoms with Crippen LogP contribution in [-0.4, -0.2) is 21.0 Å². The van der Waals surface area contributed by atoms with Crippen LogP contribution in [0, 0.1) is 5.41 Å². The molecule has 9 heteroatoms. The number of halogens is 3. The van der Waals surface area contributed by atoms with Gasteiger partial charge < -0.3 is 5.41 Å². The molecule has 2 N–H and O–H groups in total. The van der Waals surface area contributed by atoms with Gasteiger partial charge in [-0.25, -0.2) is 4.79 Å². The van der Waals surface area contributed by atoms with Gasteiger partial charge in [-0.05, 0) is 29.8 Å². The lowest BCUT2D eigenvalue weighted by molar-refractivity contribution is 0.749. The van der Waals surface area contributed by atoms with Gasteiger partial charge in [-0.1, -0.05) is 46.9 Å². The fourth-order valence-corrected chi connectivity index (χ4v) is 3.38. The summed E-state index contributed by atoms with van der Waals surface area (Å²) in [5.74, 6) is -0.485. The summed E-state index contributed by atoms with van der Waals surface area (Å²) >= 11 is 18.7. The van der Waals surface area contributed by atoms with E-state index in [1.807, 2.05) is 0 Å². The average molecular weight is 410 g/mol. The highest BCUT2D eigenvalue weighted by Crippen LogP contribution is 2.36. The molecular weight excluding hydrogens is 399 g/mol. The Hall–Kier alpha value is -2.41. The Kier molecular flexibility index (Phi) is 5.27. The van der Waals surface area contributed by atoms with E-state index in [1.165, 1.54) is 18.3 Å². The number of hydrogen-bond donors (Lipinski definition) is 2. The van der Waals surface area contributed by atoms with Crippen molar-refractivity contribution in [2.75, 3.05) is 0 Å². The number of aromatic nitrogens is 3. The zero-order chi connectivity index (χ0) is 18.8. The highest BCUT2D eigenvalue weighted by Gasteiger charge is 2.20. The molecule has 26 heavy (non-hydrogen) atoms. The molecule has 0 aliphatic carbocycles. The summed E-state index contributed by atoms with van der Waals surface area (Å²) < 4.78 is 0.977. The molecule has 0 spiro atoms. The van der Waals surface area contributed by atoms with Gasteiger partial charge >= 0.3 is 5.69 Å². The number of rotatable bonds is 4. The molecule has 0 aliphatic rings. The third-order valence-electron chi connectivity index (χ3n) is 3.73. The summed E-state index contributed by atoms with van der Waals surface area (Å²) in [7, 11) is 0. The van der Waals surface area contributed by atoms with Crippen LogP contribution in [0.15, 0.2) is 52.2 Å². The highest BCUT2D eigenvalue weighted by molar-refractivity contribution is 6.36. The zero-order valence-corrected chi connectivity index (χ0v) is 15.3. The van der Waals surface area contributed by atoms with Crippen molar-refractivity contribution in [3.05, 3.63) is 89.6 Å². The molecule has 132 valence electrons. The lowest BCUT2D eigenvalue weighted by Crippen LogP contribution is -2.30. The number of aromatic amines is 1. The summed E-state index contributed by atoms with van der Waals surface area (Å²) in [6, 6.07) is 10.0. The first-order chi connectivity index (χ1) is 12.4. The summed E-state index contributed by atoms with van der Waals surface area (Å²) in [5, 5.41) is 12.6.